The van der Waals surface area contributed by atoms with E-state index in [1.54, 1.807) is 31.2 Å². The van der Waals surface area contributed by atoms with Crippen molar-refractivity contribution in [2.24, 2.45) is 0 Å². The number of carbonyl (C=O) groups excluding carboxylic acids is 1. The number of thiophene rings is 1. The zero-order valence-corrected chi connectivity index (χ0v) is 12.4. The normalized spacial score (nSPS) is 11.8. The maximum atomic E-state index is 12.4. The number of hydrogen-bond donors (Lipinski definition) is 1. The van der Waals surface area contributed by atoms with Gasteiger partial charge in [0.2, 0.25) is 5.78 Å². The van der Waals surface area contributed by atoms with Crippen molar-refractivity contribution in [3.63, 3.8) is 0 Å². The van der Waals surface area contributed by atoms with Gasteiger partial charge in [-0.25, -0.2) is 0 Å². The third kappa shape index (κ3) is 2.50. The van der Waals surface area contributed by atoms with E-state index < -0.39 is 10.8 Å². The Balaban J connectivity index is 2.54. The second kappa shape index (κ2) is 5.99. The van der Waals surface area contributed by atoms with Crippen LogP contribution in [0.1, 0.15) is 27.7 Å². The van der Waals surface area contributed by atoms with E-state index in [9.17, 15) is 9.00 Å². The lowest BCUT2D eigenvalue weighted by atomic mass is 10.1. The highest BCUT2D eigenvalue weighted by Crippen LogP contribution is 2.34. The van der Waals surface area contributed by atoms with E-state index in [1.165, 1.54) is 0 Å². The molecule has 2 rings (SSSR count). The van der Waals surface area contributed by atoms with E-state index >= 15 is 0 Å². The number of anilines is 1. The average Bonchev–Trinajstić information content (AvgIpc) is 2.83. The van der Waals surface area contributed by atoms with Crippen LogP contribution in [0.15, 0.2) is 34.5 Å². The molecule has 0 saturated carbocycles. The van der Waals surface area contributed by atoms with Crippen LogP contribution in [-0.4, -0.2) is 15.7 Å². The molecule has 20 heavy (non-hydrogen) atoms. The zero-order chi connectivity index (χ0) is 14.7. The van der Waals surface area contributed by atoms with E-state index in [0.29, 0.717) is 15.5 Å². The van der Waals surface area contributed by atoms with E-state index in [-0.39, 0.29) is 21.9 Å². The number of rotatable bonds is 4. The Bertz CT molecular complexity index is 715. The predicted octanol–water partition coefficient (Wildman–Crippen LogP) is 2.56. The maximum absolute atomic E-state index is 12.4. The number of carbonyl (C=O) groups is 1. The van der Waals surface area contributed by atoms with Crippen LogP contribution in [0.4, 0.5) is 5.69 Å². The van der Waals surface area contributed by atoms with E-state index in [1.807, 2.05) is 12.1 Å². The van der Waals surface area contributed by atoms with Crippen molar-refractivity contribution in [3.8, 4) is 6.07 Å². The molecule has 1 aromatic carbocycles. The number of benzene rings is 1. The summed E-state index contributed by atoms with van der Waals surface area (Å²) in [6.45, 7) is 1.76. The van der Waals surface area contributed by atoms with Crippen LogP contribution < -0.4 is 5.73 Å². The van der Waals surface area contributed by atoms with Crippen LogP contribution in [0.3, 0.4) is 0 Å². The number of nitrogen functional groups attached to an aromatic ring is 1. The Morgan fingerprint density at radius 3 is 2.60 bits per heavy atom. The molecule has 6 heteroatoms. The van der Waals surface area contributed by atoms with Crippen LogP contribution in [0.25, 0.3) is 0 Å². The Morgan fingerprint density at radius 2 is 2.05 bits per heavy atom. The monoisotopic (exact) mass is 304 g/mol. The largest absolute Gasteiger partial charge is 0.396 e. The molecule has 2 N–H and O–H groups in total. The summed E-state index contributed by atoms with van der Waals surface area (Å²) in [6.07, 6.45) is 0. The Hall–Kier alpha value is -1.97. The van der Waals surface area contributed by atoms with Gasteiger partial charge in [-0.3, -0.25) is 9.00 Å². The Kier molecular flexibility index (Phi) is 4.32. The molecule has 1 aromatic heterocycles. The molecule has 0 spiro atoms. The van der Waals surface area contributed by atoms with Gasteiger partial charge in [0.25, 0.3) is 0 Å². The summed E-state index contributed by atoms with van der Waals surface area (Å²) < 4.78 is 12.3. The molecule has 1 unspecified atom stereocenters. The first kappa shape index (κ1) is 14.4. The average molecular weight is 304 g/mol. The van der Waals surface area contributed by atoms with Gasteiger partial charge in [0, 0.05) is 11.3 Å². The quantitative estimate of drug-likeness (QED) is 0.880. The van der Waals surface area contributed by atoms with Crippen LogP contribution in [0, 0.1) is 11.3 Å². The highest BCUT2D eigenvalue weighted by atomic mass is 32.2. The summed E-state index contributed by atoms with van der Waals surface area (Å²) >= 11 is 1.05. The molecule has 0 aliphatic rings. The second-order valence-electron chi connectivity index (χ2n) is 3.95. The number of hydrogen-bond acceptors (Lipinski definition) is 5. The molecule has 0 aliphatic carbocycles. The second-order valence-corrected chi connectivity index (χ2v) is 6.90. The van der Waals surface area contributed by atoms with Crippen molar-refractivity contribution in [2.45, 2.75) is 11.1 Å². The molecule has 1 heterocycles. The van der Waals surface area contributed by atoms with Gasteiger partial charge in [0.05, 0.1) is 16.5 Å². The number of ketones is 1. The van der Waals surface area contributed by atoms with Gasteiger partial charge in [-0.1, -0.05) is 37.3 Å². The number of nitriles is 1. The zero-order valence-electron chi connectivity index (χ0n) is 10.8. The van der Waals surface area contributed by atoms with Gasteiger partial charge in [0.15, 0.2) is 0 Å². The molecule has 0 fully saturated rings. The Labute approximate surface area is 123 Å². The first-order chi connectivity index (χ1) is 9.60. The third-order valence-electron chi connectivity index (χ3n) is 2.74. The van der Waals surface area contributed by atoms with Crippen molar-refractivity contribution in [1.82, 2.24) is 0 Å². The lowest BCUT2D eigenvalue weighted by Gasteiger charge is -1.98. The molecule has 1 atom stereocenters. The number of nitrogens with two attached hydrogens (primary N) is 1. The van der Waals surface area contributed by atoms with Crippen molar-refractivity contribution >= 4 is 33.6 Å². The van der Waals surface area contributed by atoms with Gasteiger partial charge < -0.3 is 5.73 Å². The van der Waals surface area contributed by atoms with Crippen LogP contribution in [0.2, 0.25) is 0 Å². The lowest BCUT2D eigenvalue weighted by Crippen LogP contribution is -2.02. The minimum Gasteiger partial charge on any atom is -0.396 e. The molecule has 2 aromatic rings. The summed E-state index contributed by atoms with van der Waals surface area (Å²) in [5, 5.41) is 9.14. The molecule has 0 aliphatic heterocycles. The molecule has 4 nitrogen and oxygen atoms in total. The van der Waals surface area contributed by atoms with Crippen LogP contribution in [0.5, 0.6) is 0 Å². The SMILES string of the molecule is CCS(=O)c1sc(C(=O)c2ccccc2)c(N)c1C#N. The first-order valence-corrected chi connectivity index (χ1v) is 8.04. The minimum atomic E-state index is -1.30. The smallest absolute Gasteiger partial charge is 0.205 e. The highest BCUT2D eigenvalue weighted by molar-refractivity contribution is 7.87. The molecule has 0 bridgehead atoms. The van der Waals surface area contributed by atoms with Crippen molar-refractivity contribution < 1.29 is 9.00 Å². The van der Waals surface area contributed by atoms with Crippen molar-refractivity contribution in [3.05, 3.63) is 46.3 Å². The summed E-state index contributed by atoms with van der Waals surface area (Å²) in [4.78, 5) is 12.7. The highest BCUT2D eigenvalue weighted by Gasteiger charge is 2.24. The van der Waals surface area contributed by atoms with Crippen molar-refractivity contribution in [1.29, 1.82) is 5.26 Å². The minimum absolute atomic E-state index is 0.128. The first-order valence-electron chi connectivity index (χ1n) is 5.90. The summed E-state index contributed by atoms with van der Waals surface area (Å²) in [5.74, 6) is 0.136. The molecule has 102 valence electrons. The third-order valence-corrected chi connectivity index (χ3v) is 5.68. The molecular weight excluding hydrogens is 292 g/mol. The molecule has 0 radical (unpaired) electrons. The van der Waals surface area contributed by atoms with Gasteiger partial charge in [-0.05, 0) is 0 Å². The van der Waals surface area contributed by atoms with E-state index in [0.717, 1.165) is 11.3 Å². The van der Waals surface area contributed by atoms with Gasteiger partial charge in [-0.15, -0.1) is 11.3 Å². The molecule has 0 amide bonds. The van der Waals surface area contributed by atoms with E-state index in [4.69, 9.17) is 11.0 Å². The molecule has 0 saturated heterocycles. The standard InChI is InChI=1S/C14H12N2O2S2/c1-2-20(18)14-10(8-15)11(16)13(19-14)12(17)9-6-4-3-5-7-9/h3-7H,2,16H2,1H3. The summed E-state index contributed by atoms with van der Waals surface area (Å²) in [6, 6.07) is 10.6. The van der Waals surface area contributed by atoms with Gasteiger partial charge in [0.1, 0.15) is 20.7 Å². The van der Waals surface area contributed by atoms with Gasteiger partial charge in [-0.2, -0.15) is 5.26 Å². The fraction of sp³-hybridized carbons (Fsp3) is 0.143. The summed E-state index contributed by atoms with van der Waals surface area (Å²) in [7, 11) is -1.30. The fourth-order valence-electron chi connectivity index (χ4n) is 1.71. The predicted molar refractivity (Wildman–Crippen MR) is 80.3 cm³/mol. The van der Waals surface area contributed by atoms with Gasteiger partial charge >= 0.3 is 0 Å². The number of nitrogens with zero attached hydrogens (tertiary/aromatic N) is 1. The maximum Gasteiger partial charge on any atom is 0.205 e. The van der Waals surface area contributed by atoms with Crippen molar-refractivity contribution in [2.75, 3.05) is 11.5 Å². The fourth-order valence-corrected chi connectivity index (χ4v) is 4.20. The van der Waals surface area contributed by atoms with Crippen LogP contribution in [-0.2, 0) is 10.8 Å². The van der Waals surface area contributed by atoms with Crippen LogP contribution >= 0.6 is 11.3 Å². The Morgan fingerprint density at radius 1 is 1.40 bits per heavy atom. The summed E-state index contributed by atoms with van der Waals surface area (Å²) in [5.41, 5.74) is 6.67. The lowest BCUT2D eigenvalue weighted by molar-refractivity contribution is 0.104. The topological polar surface area (TPSA) is 83.9 Å². The van der Waals surface area contributed by atoms with E-state index in [2.05, 4.69) is 0 Å². The molecular formula is C14H12N2O2S2.